The van der Waals surface area contributed by atoms with Crippen molar-refractivity contribution in [3.05, 3.63) is 124 Å². The molecule has 0 fully saturated rings. The minimum atomic E-state index is -5.68. The van der Waals surface area contributed by atoms with Crippen molar-refractivity contribution < 1.29 is 40.0 Å². The molecule has 0 aliphatic rings. The zero-order valence-electron chi connectivity index (χ0n) is 25.4. The van der Waals surface area contributed by atoms with Gasteiger partial charge in [-0.15, -0.1) is 0 Å². The molecule has 0 radical (unpaired) electrons. The molecule has 0 amide bonds. The molecule has 0 unspecified atom stereocenters. The summed E-state index contributed by atoms with van der Waals surface area (Å²) in [4.78, 5) is -2.11. The van der Waals surface area contributed by atoms with E-state index in [4.69, 9.17) is 9.47 Å². The summed E-state index contributed by atoms with van der Waals surface area (Å²) in [6.45, 7) is 12.8. The maximum Gasteiger partial charge on any atom is 0.300 e. The largest absolute Gasteiger partial charge is 0.488 e. The predicted molar refractivity (Wildman–Crippen MR) is 160 cm³/mol. The first-order valence-corrected chi connectivity index (χ1v) is 15.2. The normalized spacial score (nSPS) is 12.7. The molecule has 10 heteroatoms. The van der Waals surface area contributed by atoms with Crippen LogP contribution in [0, 0.1) is 30.2 Å². The lowest BCUT2D eigenvalue weighted by Crippen LogP contribution is -2.35. The standard InChI is InChI=1S/C34H34F4O5S/c1-20-8-10-21(11-9-20)34(22-12-16-24(17-13-22)42-32(2,3)4,23-14-18-25(19-15-23)43-33(5,6)7)26-27(35)29(37)31(44(39,40)41)30(38)28(26)36/h8-19H,1-7H3,(H,39,40,41). The van der Waals surface area contributed by atoms with Crippen LogP contribution in [0.15, 0.2) is 77.7 Å². The first kappa shape index (κ1) is 33.0. The van der Waals surface area contributed by atoms with Gasteiger partial charge in [-0.05, 0) is 89.4 Å². The molecule has 44 heavy (non-hydrogen) atoms. The van der Waals surface area contributed by atoms with E-state index >= 15 is 17.6 Å². The molecule has 0 saturated carbocycles. The summed E-state index contributed by atoms with van der Waals surface area (Å²) in [5.41, 5.74) is -2.96. The van der Waals surface area contributed by atoms with E-state index in [0.29, 0.717) is 11.5 Å². The van der Waals surface area contributed by atoms with Crippen molar-refractivity contribution in [2.75, 3.05) is 0 Å². The lowest BCUT2D eigenvalue weighted by atomic mass is 9.64. The van der Waals surface area contributed by atoms with E-state index in [0.717, 1.165) is 5.56 Å². The Morgan fingerprint density at radius 2 is 0.886 bits per heavy atom. The van der Waals surface area contributed by atoms with E-state index in [2.05, 4.69) is 0 Å². The van der Waals surface area contributed by atoms with Crippen molar-refractivity contribution in [3.63, 3.8) is 0 Å². The first-order valence-electron chi connectivity index (χ1n) is 13.8. The van der Waals surface area contributed by atoms with Gasteiger partial charge in [0.2, 0.25) is 0 Å². The monoisotopic (exact) mass is 630 g/mol. The molecule has 0 spiro atoms. The van der Waals surface area contributed by atoms with Gasteiger partial charge < -0.3 is 9.47 Å². The van der Waals surface area contributed by atoms with E-state index < -0.39 is 60.5 Å². The molecule has 1 N–H and O–H groups in total. The van der Waals surface area contributed by atoms with Gasteiger partial charge >= 0.3 is 10.1 Å². The highest BCUT2D eigenvalue weighted by atomic mass is 32.2. The molecule has 0 heterocycles. The number of ether oxygens (including phenoxy) is 2. The minimum absolute atomic E-state index is 0.184. The summed E-state index contributed by atoms with van der Waals surface area (Å²) in [6, 6.07) is 18.8. The molecule has 0 atom stereocenters. The van der Waals surface area contributed by atoms with Crippen molar-refractivity contribution in [1.29, 1.82) is 0 Å². The highest BCUT2D eigenvalue weighted by Gasteiger charge is 2.47. The average Bonchev–Trinajstić information content (AvgIpc) is 2.89. The van der Waals surface area contributed by atoms with Crippen LogP contribution in [0.1, 0.15) is 69.4 Å². The Labute approximate surface area is 255 Å². The van der Waals surface area contributed by atoms with Crippen LogP contribution >= 0.6 is 0 Å². The maximum absolute atomic E-state index is 16.3. The molecule has 4 aromatic carbocycles. The Kier molecular flexibility index (Phi) is 8.67. The Hall–Kier alpha value is -3.89. The van der Waals surface area contributed by atoms with Crippen LogP contribution in [-0.2, 0) is 15.5 Å². The number of benzene rings is 4. The second-order valence-electron chi connectivity index (χ2n) is 12.5. The molecular weight excluding hydrogens is 596 g/mol. The van der Waals surface area contributed by atoms with Crippen LogP contribution in [0.2, 0.25) is 0 Å². The maximum atomic E-state index is 16.3. The Morgan fingerprint density at radius 3 is 1.18 bits per heavy atom. The Balaban J connectivity index is 2.19. The van der Waals surface area contributed by atoms with Gasteiger partial charge in [-0.25, -0.2) is 17.6 Å². The fourth-order valence-electron chi connectivity index (χ4n) is 5.16. The summed E-state index contributed by atoms with van der Waals surface area (Å²) in [7, 11) is -5.68. The fourth-order valence-corrected chi connectivity index (χ4v) is 5.79. The average molecular weight is 631 g/mol. The quantitative estimate of drug-likeness (QED) is 0.0959. The summed E-state index contributed by atoms with van der Waals surface area (Å²) >= 11 is 0. The van der Waals surface area contributed by atoms with Crippen molar-refractivity contribution in [2.24, 2.45) is 0 Å². The molecule has 0 aromatic heterocycles. The van der Waals surface area contributed by atoms with Crippen molar-refractivity contribution >= 4 is 10.1 Å². The second-order valence-corrected chi connectivity index (χ2v) is 13.9. The molecular formula is C34H34F4O5S. The molecule has 0 aliphatic carbocycles. The summed E-state index contributed by atoms with van der Waals surface area (Å²) in [6.07, 6.45) is 0. The van der Waals surface area contributed by atoms with Gasteiger partial charge in [0.25, 0.3) is 0 Å². The van der Waals surface area contributed by atoms with E-state index in [9.17, 15) is 13.0 Å². The number of rotatable bonds is 7. The van der Waals surface area contributed by atoms with Crippen LogP contribution in [-0.4, -0.2) is 24.2 Å². The Morgan fingerprint density at radius 1 is 0.568 bits per heavy atom. The van der Waals surface area contributed by atoms with Gasteiger partial charge in [0.05, 0.1) is 5.41 Å². The predicted octanol–water partition coefficient (Wildman–Crippen LogP) is 8.54. The van der Waals surface area contributed by atoms with Gasteiger partial charge in [-0.2, -0.15) is 8.42 Å². The van der Waals surface area contributed by atoms with Gasteiger partial charge in [0, 0.05) is 5.56 Å². The van der Waals surface area contributed by atoms with E-state index in [1.54, 1.807) is 55.5 Å². The minimum Gasteiger partial charge on any atom is -0.488 e. The van der Waals surface area contributed by atoms with E-state index in [-0.39, 0.29) is 16.7 Å². The third-order valence-electron chi connectivity index (χ3n) is 6.76. The molecule has 0 saturated heterocycles. The summed E-state index contributed by atoms with van der Waals surface area (Å²) in [5, 5.41) is 0. The van der Waals surface area contributed by atoms with Crippen molar-refractivity contribution in [1.82, 2.24) is 0 Å². The smallest absolute Gasteiger partial charge is 0.300 e. The third kappa shape index (κ3) is 6.46. The van der Waals surface area contributed by atoms with Gasteiger partial charge in [-0.3, -0.25) is 4.55 Å². The van der Waals surface area contributed by atoms with Crippen LogP contribution in [0.5, 0.6) is 11.5 Å². The highest BCUT2D eigenvalue weighted by Crippen LogP contribution is 2.49. The molecule has 4 aromatic rings. The Bertz CT molecular complexity index is 1680. The first-order chi connectivity index (χ1) is 20.3. The van der Waals surface area contributed by atoms with Crippen LogP contribution in [0.3, 0.4) is 0 Å². The van der Waals surface area contributed by atoms with Crippen molar-refractivity contribution in [3.8, 4) is 11.5 Å². The number of aryl methyl sites for hydroxylation is 1. The van der Waals surface area contributed by atoms with Crippen LogP contribution in [0.25, 0.3) is 0 Å². The van der Waals surface area contributed by atoms with Gasteiger partial charge in [0.15, 0.2) is 28.2 Å². The second kappa shape index (κ2) is 11.6. The SMILES string of the molecule is Cc1ccc(C(c2ccc(OC(C)(C)C)cc2)(c2ccc(OC(C)(C)C)cc2)c2c(F)c(F)c(S(=O)(=O)O)c(F)c2F)cc1. The van der Waals surface area contributed by atoms with Crippen LogP contribution in [0.4, 0.5) is 17.6 Å². The molecule has 234 valence electrons. The molecule has 4 rings (SSSR count). The van der Waals surface area contributed by atoms with E-state index in [1.807, 2.05) is 41.5 Å². The lowest BCUT2D eigenvalue weighted by Gasteiger charge is -2.37. The van der Waals surface area contributed by atoms with Crippen molar-refractivity contribution in [2.45, 2.75) is 70.0 Å². The number of hydrogen-bond donors (Lipinski definition) is 1. The third-order valence-corrected chi connectivity index (χ3v) is 7.64. The molecule has 0 aliphatic heterocycles. The van der Waals surface area contributed by atoms with E-state index in [1.165, 1.54) is 24.3 Å². The summed E-state index contributed by atoms with van der Waals surface area (Å²) in [5.74, 6) is -7.62. The van der Waals surface area contributed by atoms with Gasteiger partial charge in [-0.1, -0.05) is 54.1 Å². The zero-order chi connectivity index (χ0) is 32.8. The van der Waals surface area contributed by atoms with Crippen LogP contribution < -0.4 is 9.47 Å². The topological polar surface area (TPSA) is 72.8 Å². The summed E-state index contributed by atoms with van der Waals surface area (Å²) < 4.78 is 108. The highest BCUT2D eigenvalue weighted by molar-refractivity contribution is 7.85. The lowest BCUT2D eigenvalue weighted by molar-refractivity contribution is 0.130. The number of hydrogen-bond acceptors (Lipinski definition) is 4. The number of halogens is 4. The fraction of sp³-hybridized carbons (Fsp3) is 0.294. The van der Waals surface area contributed by atoms with Gasteiger partial charge in [0.1, 0.15) is 22.7 Å². The zero-order valence-corrected chi connectivity index (χ0v) is 26.2. The molecule has 5 nitrogen and oxygen atoms in total. The molecule has 0 bridgehead atoms.